The van der Waals surface area contributed by atoms with Gasteiger partial charge in [0.15, 0.2) is 4.80 Å². The van der Waals surface area contributed by atoms with Crippen LogP contribution < -0.4 is 24.4 Å². The number of halogens is 2. The minimum Gasteiger partial charge on any atom is -0.494 e. The molecule has 0 fully saturated rings. The van der Waals surface area contributed by atoms with Gasteiger partial charge in [-0.3, -0.25) is 9.36 Å². The van der Waals surface area contributed by atoms with Crippen molar-refractivity contribution < 1.29 is 19.0 Å². The fourth-order valence-electron chi connectivity index (χ4n) is 4.79. The van der Waals surface area contributed by atoms with Crippen LogP contribution in [0.15, 0.2) is 86.6 Å². The fraction of sp³-hybridized carbons (Fsp3) is 0.219. The summed E-state index contributed by atoms with van der Waals surface area (Å²) >= 11 is 7.07. The zero-order valence-corrected chi connectivity index (χ0v) is 27.8. The second-order valence-corrected chi connectivity index (χ2v) is 12.3. The highest BCUT2D eigenvalue weighted by atomic mass is 127. The molecule has 42 heavy (non-hydrogen) atoms. The van der Waals surface area contributed by atoms with Gasteiger partial charge in [0, 0.05) is 15.6 Å². The van der Waals surface area contributed by atoms with Gasteiger partial charge in [-0.05, 0) is 79.3 Å². The molecule has 0 aliphatic carbocycles. The zero-order valence-electron chi connectivity index (χ0n) is 23.2. The number of hydrogen-bond acceptors (Lipinski definition) is 7. The molecule has 2 heterocycles. The molecule has 5 rings (SSSR count). The van der Waals surface area contributed by atoms with Crippen LogP contribution in [0.1, 0.15) is 43.5 Å². The predicted molar refractivity (Wildman–Crippen MR) is 177 cm³/mol. The van der Waals surface area contributed by atoms with E-state index in [1.165, 1.54) is 11.3 Å². The highest BCUT2D eigenvalue weighted by Gasteiger charge is 2.35. The Bertz CT molecular complexity index is 1830. The van der Waals surface area contributed by atoms with Crippen molar-refractivity contribution in [3.05, 3.63) is 117 Å². The van der Waals surface area contributed by atoms with E-state index in [0.29, 0.717) is 45.3 Å². The van der Waals surface area contributed by atoms with Gasteiger partial charge in [0.1, 0.15) is 11.5 Å². The number of rotatable bonds is 9. The molecular weight excluding hydrogens is 731 g/mol. The number of nitrogens with zero attached hydrogens (tertiary/aromatic N) is 2. The van der Waals surface area contributed by atoms with Gasteiger partial charge in [0.05, 0.1) is 45.2 Å². The van der Waals surface area contributed by atoms with Crippen LogP contribution in [0, 0.1) is 3.57 Å². The van der Waals surface area contributed by atoms with Crippen LogP contribution in [0.3, 0.4) is 0 Å². The molecule has 0 amide bonds. The molecule has 1 aliphatic heterocycles. The highest BCUT2D eigenvalue weighted by Crippen LogP contribution is 2.36. The molecule has 1 aliphatic rings. The standard InChI is InChI=1S/C32H28BrIN2O5S/c1-4-39-23-14-12-20(13-15-23)28-26(31(38)41-6-3)27(19-10-8-7-9-11-19)35-32-36(28)30(37)25(42-32)17-21-16-22(33)18-24(34)29(21)40-5-2/h7-18,28H,4-6H2,1-3H3/b25-17-/t28-/m0/s1. The third kappa shape index (κ3) is 6.11. The summed E-state index contributed by atoms with van der Waals surface area (Å²) in [6.07, 6.45) is 1.83. The van der Waals surface area contributed by atoms with Gasteiger partial charge in [0.25, 0.3) is 5.56 Å². The van der Waals surface area contributed by atoms with Crippen LogP contribution >= 0.6 is 49.9 Å². The number of carbonyl (C=O) groups excluding carboxylic acids is 1. The summed E-state index contributed by atoms with van der Waals surface area (Å²) in [6.45, 7) is 6.81. The van der Waals surface area contributed by atoms with Crippen molar-refractivity contribution in [3.63, 3.8) is 0 Å². The molecule has 216 valence electrons. The largest absolute Gasteiger partial charge is 0.494 e. The van der Waals surface area contributed by atoms with E-state index in [1.54, 1.807) is 11.5 Å². The maximum Gasteiger partial charge on any atom is 0.338 e. The normalized spacial score (nSPS) is 14.8. The number of ether oxygens (including phenoxy) is 3. The third-order valence-corrected chi connectivity index (χ3v) is 8.73. The Morgan fingerprint density at radius 2 is 1.74 bits per heavy atom. The van der Waals surface area contributed by atoms with Crippen LogP contribution in [0.5, 0.6) is 11.5 Å². The monoisotopic (exact) mass is 758 g/mol. The number of hydrogen-bond donors (Lipinski definition) is 0. The van der Waals surface area contributed by atoms with Gasteiger partial charge < -0.3 is 14.2 Å². The molecule has 0 bridgehead atoms. The third-order valence-electron chi connectivity index (χ3n) is 6.49. The van der Waals surface area contributed by atoms with Gasteiger partial charge in [-0.1, -0.05) is 69.7 Å². The molecule has 0 saturated carbocycles. The molecule has 0 saturated heterocycles. The van der Waals surface area contributed by atoms with Crippen molar-refractivity contribution >= 4 is 67.6 Å². The Morgan fingerprint density at radius 3 is 2.40 bits per heavy atom. The summed E-state index contributed by atoms with van der Waals surface area (Å²) in [4.78, 5) is 33.2. The lowest BCUT2D eigenvalue weighted by atomic mass is 9.93. The highest BCUT2D eigenvalue weighted by molar-refractivity contribution is 14.1. The first-order valence-corrected chi connectivity index (χ1v) is 16.2. The van der Waals surface area contributed by atoms with Crippen molar-refractivity contribution in [1.82, 2.24) is 4.57 Å². The summed E-state index contributed by atoms with van der Waals surface area (Å²) in [5.41, 5.74) is 2.79. The first-order valence-electron chi connectivity index (χ1n) is 13.5. The number of aromatic nitrogens is 1. The average Bonchev–Trinajstić information content (AvgIpc) is 3.29. The molecule has 0 radical (unpaired) electrons. The van der Waals surface area contributed by atoms with Gasteiger partial charge in [-0.25, -0.2) is 9.79 Å². The van der Waals surface area contributed by atoms with Gasteiger partial charge in [0.2, 0.25) is 0 Å². The van der Waals surface area contributed by atoms with Gasteiger partial charge >= 0.3 is 5.97 Å². The van der Waals surface area contributed by atoms with E-state index in [1.807, 2.05) is 86.7 Å². The number of carbonyl (C=O) groups is 1. The number of fused-ring (bicyclic) bond motifs is 1. The molecule has 4 aromatic rings. The van der Waals surface area contributed by atoms with Crippen LogP contribution in [0.25, 0.3) is 11.8 Å². The summed E-state index contributed by atoms with van der Waals surface area (Å²) in [5, 5.41) is 0. The first-order chi connectivity index (χ1) is 20.4. The minimum absolute atomic E-state index is 0.187. The number of esters is 1. The molecule has 1 aromatic heterocycles. The maximum absolute atomic E-state index is 14.2. The second-order valence-electron chi connectivity index (χ2n) is 9.17. The molecule has 3 aromatic carbocycles. The van der Waals surface area contributed by atoms with Crippen molar-refractivity contribution in [2.24, 2.45) is 4.99 Å². The quantitative estimate of drug-likeness (QED) is 0.152. The molecule has 0 unspecified atom stereocenters. The molecule has 10 heteroatoms. The average molecular weight is 759 g/mol. The lowest BCUT2D eigenvalue weighted by Crippen LogP contribution is -2.40. The van der Waals surface area contributed by atoms with Crippen LogP contribution in [0.4, 0.5) is 0 Å². The zero-order chi connectivity index (χ0) is 29.8. The second kappa shape index (κ2) is 13.4. The summed E-state index contributed by atoms with van der Waals surface area (Å²) in [6, 6.07) is 20.1. The fourth-order valence-corrected chi connectivity index (χ4v) is 7.49. The van der Waals surface area contributed by atoms with Crippen molar-refractivity contribution in [2.75, 3.05) is 19.8 Å². The van der Waals surface area contributed by atoms with E-state index in [-0.39, 0.29) is 12.2 Å². The van der Waals surface area contributed by atoms with Crippen LogP contribution in [-0.2, 0) is 9.53 Å². The topological polar surface area (TPSA) is 79.1 Å². The first kappa shape index (κ1) is 30.2. The van der Waals surface area contributed by atoms with E-state index >= 15 is 0 Å². The predicted octanol–water partition coefficient (Wildman–Crippen LogP) is 6.10. The lowest BCUT2D eigenvalue weighted by Gasteiger charge is -2.26. The smallest absolute Gasteiger partial charge is 0.338 e. The van der Waals surface area contributed by atoms with Crippen molar-refractivity contribution in [1.29, 1.82) is 0 Å². The molecule has 0 N–H and O–H groups in total. The van der Waals surface area contributed by atoms with Crippen LogP contribution in [-0.4, -0.2) is 30.4 Å². The number of benzene rings is 3. The summed E-state index contributed by atoms with van der Waals surface area (Å²) < 4.78 is 21.0. The van der Waals surface area contributed by atoms with Crippen molar-refractivity contribution in [2.45, 2.75) is 26.8 Å². The summed E-state index contributed by atoms with van der Waals surface area (Å²) in [5.74, 6) is 0.882. The maximum atomic E-state index is 14.2. The molecule has 0 spiro atoms. The minimum atomic E-state index is -0.762. The van der Waals surface area contributed by atoms with Gasteiger partial charge in [-0.15, -0.1) is 0 Å². The van der Waals surface area contributed by atoms with E-state index in [0.717, 1.165) is 24.7 Å². The Balaban J connectivity index is 1.81. The van der Waals surface area contributed by atoms with E-state index in [9.17, 15) is 9.59 Å². The molecular formula is C32H28BrIN2O5S. The molecule has 1 atom stereocenters. The Labute approximate surface area is 269 Å². The van der Waals surface area contributed by atoms with E-state index in [2.05, 4.69) is 38.5 Å². The van der Waals surface area contributed by atoms with Crippen molar-refractivity contribution in [3.8, 4) is 11.5 Å². The lowest BCUT2D eigenvalue weighted by molar-refractivity contribution is -0.138. The Morgan fingerprint density at radius 1 is 1.02 bits per heavy atom. The Kier molecular flexibility index (Phi) is 9.64. The SMILES string of the molecule is CCOC(=O)C1=C(c2ccccc2)N=c2s/c(=C\c3cc(Br)cc(I)c3OCC)c(=O)n2[C@H]1c1ccc(OCC)cc1. The summed E-state index contributed by atoms with van der Waals surface area (Å²) in [7, 11) is 0. The van der Waals surface area contributed by atoms with E-state index in [4.69, 9.17) is 19.2 Å². The molecule has 7 nitrogen and oxygen atoms in total. The van der Waals surface area contributed by atoms with E-state index < -0.39 is 12.0 Å². The number of thiazole rings is 1. The van der Waals surface area contributed by atoms with Crippen LogP contribution in [0.2, 0.25) is 0 Å². The Hall–Kier alpha value is -3.22. The van der Waals surface area contributed by atoms with Gasteiger partial charge in [-0.2, -0.15) is 0 Å².